The molecule has 0 unspecified atom stereocenters. The smallest absolute Gasteiger partial charge is 0.253 e. The summed E-state index contributed by atoms with van der Waals surface area (Å²) in [5.74, 6) is 1.34. The molecule has 0 radical (unpaired) electrons. The van der Waals surface area contributed by atoms with Gasteiger partial charge in [-0.15, -0.1) is 0 Å². The van der Waals surface area contributed by atoms with Crippen LogP contribution in [-0.2, 0) is 18.3 Å². The monoisotopic (exact) mass is 211 g/mol. The van der Waals surface area contributed by atoms with Gasteiger partial charge in [-0.1, -0.05) is 0 Å². The molecule has 0 aliphatic carbocycles. The molecule has 0 aromatic carbocycles. The number of methoxy groups -OCH3 is 1. The summed E-state index contributed by atoms with van der Waals surface area (Å²) >= 11 is 0. The fourth-order valence-electron chi connectivity index (χ4n) is 1.95. The van der Waals surface area contributed by atoms with Crippen molar-refractivity contribution in [1.82, 2.24) is 4.57 Å². The van der Waals surface area contributed by atoms with E-state index in [-0.39, 0.29) is 0 Å². The van der Waals surface area contributed by atoms with Gasteiger partial charge >= 0.3 is 0 Å². The average molecular weight is 211 g/mol. The molecule has 0 fully saturated rings. The summed E-state index contributed by atoms with van der Waals surface area (Å²) in [6.07, 6.45) is 2.32. The molecular formula is C12H23N2O+. The summed E-state index contributed by atoms with van der Waals surface area (Å²) in [4.78, 5) is 0. The first-order chi connectivity index (χ1) is 7.09. The molecule has 15 heavy (non-hydrogen) atoms. The Balaban J connectivity index is 2.65. The normalized spacial score (nSPS) is 11.0. The predicted molar refractivity (Wildman–Crippen MR) is 60.9 cm³/mol. The molecule has 1 rings (SSSR count). The second-order valence-corrected chi connectivity index (χ2v) is 4.13. The van der Waals surface area contributed by atoms with Crippen molar-refractivity contribution in [1.29, 1.82) is 0 Å². The van der Waals surface area contributed by atoms with E-state index in [9.17, 15) is 0 Å². The largest absolute Gasteiger partial charge is 0.385 e. The van der Waals surface area contributed by atoms with E-state index in [4.69, 9.17) is 4.74 Å². The van der Waals surface area contributed by atoms with Gasteiger partial charge in [-0.3, -0.25) is 0 Å². The van der Waals surface area contributed by atoms with Gasteiger partial charge in [0.1, 0.15) is 11.4 Å². The van der Waals surface area contributed by atoms with Gasteiger partial charge in [0.25, 0.3) is 5.82 Å². The van der Waals surface area contributed by atoms with Gasteiger partial charge in [0.15, 0.2) is 0 Å². The van der Waals surface area contributed by atoms with Crippen molar-refractivity contribution in [2.45, 2.75) is 40.2 Å². The minimum absolute atomic E-state index is 0.866. The summed E-state index contributed by atoms with van der Waals surface area (Å²) in [7, 11) is 3.89. The number of aromatic nitrogens is 2. The number of ether oxygens (including phenoxy) is 1. The van der Waals surface area contributed by atoms with Crippen molar-refractivity contribution < 1.29 is 9.30 Å². The van der Waals surface area contributed by atoms with E-state index >= 15 is 0 Å². The van der Waals surface area contributed by atoms with E-state index in [1.165, 1.54) is 23.6 Å². The van der Waals surface area contributed by atoms with Crippen LogP contribution in [0.25, 0.3) is 0 Å². The highest BCUT2D eigenvalue weighted by atomic mass is 16.5. The maximum atomic E-state index is 5.05. The second-order valence-electron chi connectivity index (χ2n) is 4.13. The first-order valence-corrected chi connectivity index (χ1v) is 5.60. The Kier molecular flexibility index (Phi) is 4.33. The lowest BCUT2D eigenvalue weighted by Crippen LogP contribution is -2.33. The van der Waals surface area contributed by atoms with Crippen LogP contribution < -0.4 is 4.57 Å². The molecule has 1 aromatic heterocycles. The van der Waals surface area contributed by atoms with E-state index in [1.54, 1.807) is 7.11 Å². The zero-order chi connectivity index (χ0) is 11.4. The molecule has 0 aliphatic rings. The van der Waals surface area contributed by atoms with Gasteiger partial charge in [-0.25, -0.2) is 9.13 Å². The summed E-state index contributed by atoms with van der Waals surface area (Å²) in [6.45, 7) is 8.51. The Labute approximate surface area is 92.7 Å². The molecule has 0 atom stereocenters. The van der Waals surface area contributed by atoms with E-state index in [2.05, 4.69) is 37.0 Å². The number of rotatable bonds is 5. The van der Waals surface area contributed by atoms with E-state index in [0.29, 0.717) is 0 Å². The molecule has 1 aromatic rings. The van der Waals surface area contributed by atoms with Crippen LogP contribution in [0.2, 0.25) is 0 Å². The van der Waals surface area contributed by atoms with E-state index in [1.807, 2.05) is 0 Å². The lowest BCUT2D eigenvalue weighted by atomic mass is 10.3. The van der Waals surface area contributed by atoms with Crippen LogP contribution >= 0.6 is 0 Å². The summed E-state index contributed by atoms with van der Waals surface area (Å²) in [5.41, 5.74) is 2.74. The van der Waals surface area contributed by atoms with Crippen LogP contribution in [0.3, 0.4) is 0 Å². The maximum Gasteiger partial charge on any atom is 0.253 e. The molecular weight excluding hydrogens is 188 g/mol. The lowest BCUT2D eigenvalue weighted by Gasteiger charge is -2.01. The van der Waals surface area contributed by atoms with Crippen molar-refractivity contribution in [3.63, 3.8) is 0 Å². The number of hydrogen-bond acceptors (Lipinski definition) is 1. The summed E-state index contributed by atoms with van der Waals surface area (Å²) < 4.78 is 9.70. The first kappa shape index (κ1) is 12.2. The van der Waals surface area contributed by atoms with Crippen LogP contribution in [0.15, 0.2) is 0 Å². The maximum absolute atomic E-state index is 5.05. The zero-order valence-electron chi connectivity index (χ0n) is 10.6. The molecule has 0 saturated heterocycles. The highest BCUT2D eigenvalue weighted by Gasteiger charge is 2.18. The molecule has 0 aliphatic heterocycles. The lowest BCUT2D eigenvalue weighted by molar-refractivity contribution is -0.683. The van der Waals surface area contributed by atoms with Gasteiger partial charge in [0.05, 0.1) is 13.6 Å². The highest BCUT2D eigenvalue weighted by Crippen LogP contribution is 2.08. The molecule has 86 valence electrons. The van der Waals surface area contributed by atoms with Gasteiger partial charge in [-0.05, 0) is 12.8 Å². The molecule has 3 nitrogen and oxygen atoms in total. The van der Waals surface area contributed by atoms with Gasteiger partial charge in [0, 0.05) is 34.5 Å². The minimum Gasteiger partial charge on any atom is -0.385 e. The molecule has 1 heterocycles. The molecule has 0 amide bonds. The molecule has 3 heteroatoms. The van der Waals surface area contributed by atoms with E-state index in [0.717, 1.165) is 19.6 Å². The van der Waals surface area contributed by atoms with Crippen LogP contribution in [-0.4, -0.2) is 18.3 Å². The molecule has 0 N–H and O–H groups in total. The third-order valence-corrected chi connectivity index (χ3v) is 3.29. The molecule has 0 bridgehead atoms. The quantitative estimate of drug-likeness (QED) is 0.535. The van der Waals surface area contributed by atoms with Crippen LogP contribution in [0.5, 0.6) is 0 Å². The third-order valence-electron chi connectivity index (χ3n) is 3.29. The Morgan fingerprint density at radius 3 is 2.33 bits per heavy atom. The Bertz CT molecular complexity index is 303. The van der Waals surface area contributed by atoms with Crippen LogP contribution in [0, 0.1) is 20.8 Å². The predicted octanol–water partition coefficient (Wildman–Crippen LogP) is 1.66. The summed E-state index contributed by atoms with van der Waals surface area (Å²) in [5, 5.41) is 0. The fraction of sp³-hybridized carbons (Fsp3) is 0.750. The van der Waals surface area contributed by atoms with Gasteiger partial charge in [-0.2, -0.15) is 0 Å². The Hall–Kier alpha value is -0.830. The van der Waals surface area contributed by atoms with E-state index < -0.39 is 0 Å². The van der Waals surface area contributed by atoms with Gasteiger partial charge < -0.3 is 4.74 Å². The van der Waals surface area contributed by atoms with Crippen molar-refractivity contribution in [3.8, 4) is 0 Å². The third kappa shape index (κ3) is 2.59. The van der Waals surface area contributed by atoms with Crippen LogP contribution in [0.4, 0.5) is 0 Å². The Morgan fingerprint density at radius 1 is 1.20 bits per heavy atom. The standard InChI is InChI=1S/C12H23N2O/c1-10-11(2)14(12(3)13(10)4)8-6-7-9-15-5/h6-9H2,1-5H3/q+1. The number of hydrogen-bond donors (Lipinski definition) is 0. The topological polar surface area (TPSA) is 18.0 Å². The summed E-state index contributed by atoms with van der Waals surface area (Å²) in [6, 6.07) is 0. The van der Waals surface area contributed by atoms with Crippen molar-refractivity contribution >= 4 is 0 Å². The minimum atomic E-state index is 0.866. The highest BCUT2D eigenvalue weighted by molar-refractivity contribution is 5.06. The van der Waals surface area contributed by atoms with Crippen molar-refractivity contribution in [2.24, 2.45) is 7.05 Å². The SMILES string of the molecule is COCCCCn1c(C)c(C)[n+](C)c1C. The van der Waals surface area contributed by atoms with Crippen LogP contribution in [0.1, 0.15) is 30.1 Å². The number of unbranched alkanes of at least 4 members (excludes halogenated alkanes) is 1. The fourth-order valence-corrected chi connectivity index (χ4v) is 1.95. The second kappa shape index (κ2) is 5.31. The van der Waals surface area contributed by atoms with Crippen molar-refractivity contribution in [2.75, 3.05) is 13.7 Å². The number of nitrogens with zero attached hydrogens (tertiary/aromatic N) is 2. The molecule has 0 saturated carbocycles. The molecule has 0 spiro atoms. The van der Waals surface area contributed by atoms with Crippen molar-refractivity contribution in [3.05, 3.63) is 17.2 Å². The Morgan fingerprint density at radius 2 is 1.87 bits per heavy atom. The zero-order valence-corrected chi connectivity index (χ0v) is 10.6. The average Bonchev–Trinajstić information content (AvgIpc) is 2.41. The number of imidazole rings is 1. The first-order valence-electron chi connectivity index (χ1n) is 5.60. The van der Waals surface area contributed by atoms with Gasteiger partial charge in [0.2, 0.25) is 0 Å².